The molecule has 1 N–H and O–H groups in total. The number of likely N-dealkylation sites (N-methyl/N-ethyl adjacent to an activating group) is 1. The molecule has 2 fully saturated rings. The van der Waals surface area contributed by atoms with Crippen molar-refractivity contribution in [1.29, 1.82) is 0 Å². The zero-order chi connectivity index (χ0) is 46.7. The molecule has 3 aromatic rings. The van der Waals surface area contributed by atoms with Crippen molar-refractivity contribution in [3.8, 4) is 0 Å². The third kappa shape index (κ3) is 17.2. The Bertz CT molecular complexity index is 2190. The number of hydrogen-bond donors (Lipinski definition) is 1. The summed E-state index contributed by atoms with van der Waals surface area (Å²) in [6, 6.07) is 21.2. The van der Waals surface area contributed by atoms with Gasteiger partial charge in [0.05, 0.1) is 27.9 Å². The lowest BCUT2D eigenvalue weighted by Gasteiger charge is -2.33. The molecular formula is C50H86N4O8S3. The lowest BCUT2D eigenvalue weighted by atomic mass is 9.87. The number of benzene rings is 3. The first-order valence-corrected chi connectivity index (χ1v) is 25.8. The highest BCUT2D eigenvalue weighted by Crippen LogP contribution is 2.29. The Kier molecular flexibility index (Phi) is 24.8. The van der Waals surface area contributed by atoms with Crippen molar-refractivity contribution >= 4 is 30.1 Å². The molecule has 15 heteroatoms. The van der Waals surface area contributed by atoms with Crippen molar-refractivity contribution in [2.24, 2.45) is 0 Å². The molecule has 0 aromatic heterocycles. The standard InChI is InChI=1S/C17H28N2O3S.C16H25NO3S.C14H21NO2S.3CH4/c1-17(2,3)15-5-7-16(8-6-15)23(20,21)19-11-9-18(10-12-19)13-14-22-4;1-16(2,3)13-7-9-15(10-8-13)21(19,20)17-11-5-4-6-14(17)12-18;1-6-11-15(5)18(16,17)13-9-7-12(8-10-13)14(2,3)4;;;/h5-8H,9-14H2,1-4H3;7-10,14,18H,4-6,11-12H2,1-3H3;6-10H,1,11H2,2-5H3;3*1H4. The summed E-state index contributed by atoms with van der Waals surface area (Å²) >= 11 is 0. The van der Waals surface area contributed by atoms with Crippen molar-refractivity contribution in [1.82, 2.24) is 17.8 Å². The molecule has 0 spiro atoms. The van der Waals surface area contributed by atoms with Crippen LogP contribution in [-0.4, -0.2) is 127 Å². The van der Waals surface area contributed by atoms with Crippen LogP contribution >= 0.6 is 0 Å². The number of piperazine rings is 1. The molecule has 65 heavy (non-hydrogen) atoms. The average molecular weight is 967 g/mol. The number of aliphatic hydroxyl groups is 1. The van der Waals surface area contributed by atoms with Crippen molar-refractivity contribution < 1.29 is 35.1 Å². The number of rotatable bonds is 12. The first-order chi connectivity index (χ1) is 28.7. The van der Waals surface area contributed by atoms with Crippen LogP contribution in [0.5, 0.6) is 0 Å². The third-order valence-corrected chi connectivity index (χ3v) is 16.9. The molecule has 0 saturated carbocycles. The lowest BCUT2D eigenvalue weighted by molar-refractivity contribution is 0.123. The number of piperidine rings is 1. The second-order valence-corrected chi connectivity index (χ2v) is 25.0. The van der Waals surface area contributed by atoms with Gasteiger partial charge in [0.1, 0.15) is 0 Å². The van der Waals surface area contributed by atoms with Crippen LogP contribution in [0.2, 0.25) is 0 Å². The topological polar surface area (TPSA) is 145 Å². The van der Waals surface area contributed by atoms with E-state index >= 15 is 0 Å². The summed E-state index contributed by atoms with van der Waals surface area (Å²) in [6.07, 6.45) is 4.13. The van der Waals surface area contributed by atoms with Crippen molar-refractivity contribution in [2.75, 3.05) is 73.2 Å². The zero-order valence-electron chi connectivity index (χ0n) is 39.1. The SMILES string of the molecule is C.C.C.C=CCN(C)S(=O)(=O)c1ccc(C(C)(C)C)cc1.CC(C)(C)c1ccc(S(=O)(=O)N2CCCCC2CO)cc1.COCCN1CCN(S(=O)(=O)c2ccc(C(C)(C)C)cc2)CC1. The molecule has 2 aliphatic rings. The molecule has 1 atom stereocenters. The smallest absolute Gasteiger partial charge is 0.243 e. The largest absolute Gasteiger partial charge is 0.395 e. The van der Waals surface area contributed by atoms with E-state index in [1.165, 1.54) is 8.61 Å². The molecule has 0 aliphatic carbocycles. The van der Waals surface area contributed by atoms with Crippen LogP contribution in [0.15, 0.2) is 100 Å². The molecule has 2 heterocycles. The quantitative estimate of drug-likeness (QED) is 0.176. The Morgan fingerprint density at radius 3 is 1.42 bits per heavy atom. The molecule has 0 bridgehead atoms. The molecule has 2 aliphatic heterocycles. The highest BCUT2D eigenvalue weighted by molar-refractivity contribution is 7.89. The van der Waals surface area contributed by atoms with Gasteiger partial charge in [-0.15, -0.1) is 6.58 Å². The maximum atomic E-state index is 12.8. The Balaban J connectivity index is 0.000000931. The van der Waals surface area contributed by atoms with E-state index in [-0.39, 0.29) is 51.2 Å². The van der Waals surface area contributed by atoms with Gasteiger partial charge in [-0.1, -0.05) is 133 Å². The van der Waals surface area contributed by atoms with Crippen LogP contribution in [0.25, 0.3) is 0 Å². The highest BCUT2D eigenvalue weighted by atomic mass is 32.2. The van der Waals surface area contributed by atoms with Crippen LogP contribution < -0.4 is 0 Å². The van der Waals surface area contributed by atoms with Gasteiger partial charge in [0.25, 0.3) is 0 Å². The Morgan fingerprint density at radius 1 is 0.646 bits per heavy atom. The highest BCUT2D eigenvalue weighted by Gasteiger charge is 2.33. The van der Waals surface area contributed by atoms with Gasteiger partial charge >= 0.3 is 0 Å². The van der Waals surface area contributed by atoms with Gasteiger partial charge in [0.2, 0.25) is 30.1 Å². The van der Waals surface area contributed by atoms with Crippen LogP contribution in [0.1, 0.15) is 121 Å². The van der Waals surface area contributed by atoms with Crippen LogP contribution in [0, 0.1) is 0 Å². The minimum absolute atomic E-state index is 0. The summed E-state index contributed by atoms with van der Waals surface area (Å²) in [5.41, 5.74) is 3.42. The monoisotopic (exact) mass is 967 g/mol. The molecule has 3 aromatic carbocycles. The van der Waals surface area contributed by atoms with E-state index in [1.807, 2.05) is 36.4 Å². The summed E-state index contributed by atoms with van der Waals surface area (Å²) < 4.78 is 84.7. The van der Waals surface area contributed by atoms with E-state index in [4.69, 9.17) is 4.74 Å². The van der Waals surface area contributed by atoms with Gasteiger partial charge in [-0.05, 0) is 82.2 Å². The van der Waals surface area contributed by atoms with E-state index in [1.54, 1.807) is 60.9 Å². The van der Waals surface area contributed by atoms with Crippen LogP contribution in [-0.2, 0) is 51.1 Å². The van der Waals surface area contributed by atoms with E-state index in [2.05, 4.69) is 73.8 Å². The molecule has 12 nitrogen and oxygen atoms in total. The fourth-order valence-electron chi connectivity index (χ4n) is 7.01. The average Bonchev–Trinajstić information content (AvgIpc) is 3.22. The van der Waals surface area contributed by atoms with E-state index < -0.39 is 30.1 Å². The van der Waals surface area contributed by atoms with Gasteiger partial charge in [-0.2, -0.15) is 12.9 Å². The minimum atomic E-state index is -3.51. The van der Waals surface area contributed by atoms with Gasteiger partial charge in [-0.3, -0.25) is 4.90 Å². The number of aliphatic hydroxyl groups excluding tert-OH is 1. The fraction of sp³-hybridized carbons (Fsp3) is 0.600. The normalized spacial score (nSPS) is 16.9. The first kappa shape index (κ1) is 62.0. The Morgan fingerprint density at radius 2 is 1.05 bits per heavy atom. The van der Waals surface area contributed by atoms with E-state index in [0.29, 0.717) is 47.5 Å². The van der Waals surface area contributed by atoms with Crippen molar-refractivity contribution in [3.63, 3.8) is 0 Å². The Labute approximate surface area is 397 Å². The first-order valence-electron chi connectivity index (χ1n) is 21.4. The predicted octanol–water partition coefficient (Wildman–Crippen LogP) is 9.16. The van der Waals surface area contributed by atoms with Gasteiger partial charge in [0.15, 0.2) is 0 Å². The summed E-state index contributed by atoms with van der Waals surface area (Å²) in [6.45, 7) is 27.3. The number of nitrogens with zero attached hydrogens (tertiary/aromatic N) is 4. The van der Waals surface area contributed by atoms with Crippen LogP contribution in [0.4, 0.5) is 0 Å². The molecule has 5 rings (SSSR count). The van der Waals surface area contributed by atoms with Gasteiger partial charge in [-0.25, -0.2) is 25.3 Å². The predicted molar refractivity (Wildman–Crippen MR) is 271 cm³/mol. The summed E-state index contributed by atoms with van der Waals surface area (Å²) in [7, 11) is -7.07. The lowest BCUT2D eigenvalue weighted by Crippen LogP contribution is -2.49. The molecule has 372 valence electrons. The maximum Gasteiger partial charge on any atom is 0.243 e. The van der Waals surface area contributed by atoms with Crippen molar-refractivity contribution in [3.05, 3.63) is 102 Å². The third-order valence-electron chi connectivity index (χ3n) is 11.2. The second kappa shape index (κ2) is 26.0. The van der Waals surface area contributed by atoms with E-state index in [9.17, 15) is 30.4 Å². The van der Waals surface area contributed by atoms with Crippen LogP contribution in [0.3, 0.4) is 0 Å². The molecule has 2 saturated heterocycles. The number of ether oxygens (including phenoxy) is 1. The minimum Gasteiger partial charge on any atom is -0.395 e. The molecular weight excluding hydrogens is 881 g/mol. The summed E-state index contributed by atoms with van der Waals surface area (Å²) in [5.74, 6) is 0. The number of methoxy groups -OCH3 is 1. The van der Waals surface area contributed by atoms with Gasteiger partial charge < -0.3 is 9.84 Å². The molecule has 1 unspecified atom stereocenters. The second-order valence-electron chi connectivity index (χ2n) is 19.1. The van der Waals surface area contributed by atoms with E-state index in [0.717, 1.165) is 55.6 Å². The number of hydrogen-bond acceptors (Lipinski definition) is 9. The molecule has 0 radical (unpaired) electrons. The summed E-state index contributed by atoms with van der Waals surface area (Å²) in [5, 5.41) is 9.42. The molecule has 0 amide bonds. The fourth-order valence-corrected chi connectivity index (χ4v) is 11.3. The zero-order valence-corrected chi connectivity index (χ0v) is 41.5. The summed E-state index contributed by atoms with van der Waals surface area (Å²) in [4.78, 5) is 3.25. The Hall–Kier alpha value is -2.99. The van der Waals surface area contributed by atoms with Gasteiger partial charge in [0, 0.05) is 66.0 Å². The number of sulfonamides is 3. The van der Waals surface area contributed by atoms with Crippen molar-refractivity contribution in [2.45, 2.75) is 141 Å². The maximum absolute atomic E-state index is 12.8.